The molecule has 2 aromatic rings. The first-order valence-electron chi connectivity index (χ1n) is 4.41. The van der Waals surface area contributed by atoms with Crippen LogP contribution in [0.5, 0.6) is 0 Å². The highest BCUT2D eigenvalue weighted by Crippen LogP contribution is 2.24. The van der Waals surface area contributed by atoms with Gasteiger partial charge in [0.05, 0.1) is 10.7 Å². The molecule has 0 saturated heterocycles. The summed E-state index contributed by atoms with van der Waals surface area (Å²) in [7, 11) is 0. The van der Waals surface area contributed by atoms with Crippen LogP contribution in [-0.4, -0.2) is 4.98 Å². The van der Waals surface area contributed by atoms with Crippen molar-refractivity contribution in [1.82, 2.24) is 4.98 Å². The summed E-state index contributed by atoms with van der Waals surface area (Å²) in [6, 6.07) is 8.64. The number of rotatable bonds is 1. The molecule has 0 saturated carbocycles. The average molecular weight is 221 g/mol. The molecule has 0 atom stereocenters. The van der Waals surface area contributed by atoms with Gasteiger partial charge in [0, 0.05) is 11.8 Å². The van der Waals surface area contributed by atoms with E-state index in [1.165, 1.54) is 0 Å². The van der Waals surface area contributed by atoms with E-state index in [0.717, 1.165) is 5.56 Å². The zero-order chi connectivity index (χ0) is 10.8. The SMILES string of the molecule is Nc1cc(-c2ccc[nH]c2=O)ccc1Cl. The topological polar surface area (TPSA) is 58.9 Å². The molecule has 1 heterocycles. The van der Waals surface area contributed by atoms with Crippen LogP contribution in [0.25, 0.3) is 11.1 Å². The number of nitrogens with one attached hydrogen (secondary N) is 1. The van der Waals surface area contributed by atoms with Gasteiger partial charge in [-0.2, -0.15) is 0 Å². The summed E-state index contributed by atoms with van der Waals surface area (Å²) in [6.07, 6.45) is 1.59. The van der Waals surface area contributed by atoms with Gasteiger partial charge >= 0.3 is 0 Å². The van der Waals surface area contributed by atoms with Gasteiger partial charge < -0.3 is 10.7 Å². The van der Waals surface area contributed by atoms with Gasteiger partial charge in [0.25, 0.3) is 5.56 Å². The number of aromatic nitrogens is 1. The first-order chi connectivity index (χ1) is 7.18. The molecule has 0 aliphatic heterocycles. The van der Waals surface area contributed by atoms with Crippen LogP contribution in [0.15, 0.2) is 41.3 Å². The molecule has 76 valence electrons. The van der Waals surface area contributed by atoms with Gasteiger partial charge in [0.1, 0.15) is 0 Å². The van der Waals surface area contributed by atoms with Crippen LogP contribution in [0.3, 0.4) is 0 Å². The largest absolute Gasteiger partial charge is 0.398 e. The Hall–Kier alpha value is -1.74. The second kappa shape index (κ2) is 3.79. The summed E-state index contributed by atoms with van der Waals surface area (Å²) in [5.74, 6) is 0. The number of pyridine rings is 1. The van der Waals surface area contributed by atoms with Gasteiger partial charge in [-0.25, -0.2) is 0 Å². The second-order valence-electron chi connectivity index (χ2n) is 3.15. The van der Waals surface area contributed by atoms with Crippen molar-refractivity contribution in [3.63, 3.8) is 0 Å². The summed E-state index contributed by atoms with van der Waals surface area (Å²) < 4.78 is 0. The molecule has 3 N–H and O–H groups in total. The minimum absolute atomic E-state index is 0.140. The van der Waals surface area contributed by atoms with Crippen LogP contribution in [0.4, 0.5) is 5.69 Å². The number of halogens is 1. The maximum absolute atomic E-state index is 11.5. The molecule has 0 unspecified atom stereocenters. The highest BCUT2D eigenvalue weighted by molar-refractivity contribution is 6.33. The third-order valence-electron chi connectivity index (χ3n) is 2.13. The van der Waals surface area contributed by atoms with Gasteiger partial charge in [-0.15, -0.1) is 0 Å². The number of benzene rings is 1. The highest BCUT2D eigenvalue weighted by Gasteiger charge is 2.03. The molecule has 1 aromatic carbocycles. The lowest BCUT2D eigenvalue weighted by Crippen LogP contribution is -2.07. The van der Waals surface area contributed by atoms with E-state index in [9.17, 15) is 4.79 Å². The molecule has 2 rings (SSSR count). The van der Waals surface area contributed by atoms with E-state index < -0.39 is 0 Å². The number of aromatic amines is 1. The molecule has 0 fully saturated rings. The predicted octanol–water partition coefficient (Wildman–Crippen LogP) is 2.28. The van der Waals surface area contributed by atoms with Gasteiger partial charge in [0.15, 0.2) is 0 Å². The molecule has 0 radical (unpaired) electrons. The maximum atomic E-state index is 11.5. The van der Waals surface area contributed by atoms with E-state index in [0.29, 0.717) is 16.3 Å². The van der Waals surface area contributed by atoms with Crippen molar-refractivity contribution in [2.45, 2.75) is 0 Å². The van der Waals surface area contributed by atoms with Crippen molar-refractivity contribution in [1.29, 1.82) is 0 Å². The Morgan fingerprint density at radius 1 is 1.27 bits per heavy atom. The first-order valence-corrected chi connectivity index (χ1v) is 4.79. The normalized spacial score (nSPS) is 10.2. The maximum Gasteiger partial charge on any atom is 0.255 e. The van der Waals surface area contributed by atoms with Crippen LogP contribution in [0.1, 0.15) is 0 Å². The van der Waals surface area contributed by atoms with Crippen molar-refractivity contribution in [3.8, 4) is 11.1 Å². The fraction of sp³-hybridized carbons (Fsp3) is 0. The smallest absolute Gasteiger partial charge is 0.255 e. The third kappa shape index (κ3) is 1.87. The summed E-state index contributed by atoms with van der Waals surface area (Å²) in [5.41, 5.74) is 7.34. The lowest BCUT2D eigenvalue weighted by atomic mass is 10.1. The Labute approximate surface area is 91.5 Å². The highest BCUT2D eigenvalue weighted by atomic mass is 35.5. The molecular formula is C11H9ClN2O. The van der Waals surface area contributed by atoms with E-state index in [2.05, 4.69) is 4.98 Å². The summed E-state index contributed by atoms with van der Waals surface area (Å²) in [4.78, 5) is 14.1. The van der Waals surface area contributed by atoms with Crippen molar-refractivity contribution < 1.29 is 0 Å². The minimum Gasteiger partial charge on any atom is -0.398 e. The molecule has 0 bridgehead atoms. The molecule has 15 heavy (non-hydrogen) atoms. The van der Waals surface area contributed by atoms with E-state index in [1.807, 2.05) is 0 Å². The van der Waals surface area contributed by atoms with Crippen LogP contribution < -0.4 is 11.3 Å². The van der Waals surface area contributed by atoms with E-state index >= 15 is 0 Å². The van der Waals surface area contributed by atoms with Crippen LogP contribution >= 0.6 is 11.6 Å². The number of H-pyrrole nitrogens is 1. The first kappa shape index (κ1) is 9.80. The van der Waals surface area contributed by atoms with Crippen LogP contribution in [0.2, 0.25) is 5.02 Å². The van der Waals surface area contributed by atoms with E-state index in [-0.39, 0.29) is 5.56 Å². The molecule has 3 nitrogen and oxygen atoms in total. The van der Waals surface area contributed by atoms with Crippen LogP contribution in [-0.2, 0) is 0 Å². The van der Waals surface area contributed by atoms with Crippen molar-refractivity contribution in [2.75, 3.05) is 5.73 Å². The zero-order valence-electron chi connectivity index (χ0n) is 7.83. The molecular weight excluding hydrogens is 212 g/mol. The number of hydrogen-bond donors (Lipinski definition) is 2. The summed E-state index contributed by atoms with van der Waals surface area (Å²) in [6.45, 7) is 0. The predicted molar refractivity (Wildman–Crippen MR) is 61.9 cm³/mol. The van der Waals surface area contributed by atoms with Crippen LogP contribution in [0, 0.1) is 0 Å². The standard InChI is InChI=1S/C11H9ClN2O/c12-9-4-3-7(6-10(9)13)8-2-1-5-14-11(8)15/h1-6H,13H2,(H,14,15). The van der Waals surface area contributed by atoms with E-state index in [1.54, 1.807) is 36.5 Å². The van der Waals surface area contributed by atoms with Gasteiger partial charge in [0.2, 0.25) is 0 Å². The second-order valence-corrected chi connectivity index (χ2v) is 3.56. The fourth-order valence-electron chi connectivity index (χ4n) is 1.36. The lowest BCUT2D eigenvalue weighted by molar-refractivity contribution is 1.24. The Balaban J connectivity index is 2.60. The molecule has 1 aromatic heterocycles. The average Bonchev–Trinajstić information content (AvgIpc) is 2.23. The van der Waals surface area contributed by atoms with Crippen molar-refractivity contribution >= 4 is 17.3 Å². The van der Waals surface area contributed by atoms with Crippen molar-refractivity contribution in [2.24, 2.45) is 0 Å². The summed E-state index contributed by atoms with van der Waals surface area (Å²) in [5, 5.41) is 0.492. The Kier molecular flexibility index (Phi) is 2.47. The molecule has 0 aliphatic rings. The molecule has 0 amide bonds. The number of hydrogen-bond acceptors (Lipinski definition) is 2. The number of nitrogens with two attached hydrogens (primary N) is 1. The Bertz CT molecular complexity index is 548. The lowest BCUT2D eigenvalue weighted by Gasteiger charge is -2.02. The fourth-order valence-corrected chi connectivity index (χ4v) is 1.48. The van der Waals surface area contributed by atoms with Crippen molar-refractivity contribution in [3.05, 3.63) is 51.9 Å². The zero-order valence-corrected chi connectivity index (χ0v) is 8.58. The Morgan fingerprint density at radius 2 is 2.07 bits per heavy atom. The quantitative estimate of drug-likeness (QED) is 0.725. The van der Waals surface area contributed by atoms with Gasteiger partial charge in [-0.05, 0) is 29.8 Å². The van der Waals surface area contributed by atoms with E-state index in [4.69, 9.17) is 17.3 Å². The monoisotopic (exact) mass is 220 g/mol. The molecule has 4 heteroatoms. The van der Waals surface area contributed by atoms with Gasteiger partial charge in [-0.3, -0.25) is 4.79 Å². The molecule has 0 spiro atoms. The molecule has 0 aliphatic carbocycles. The Morgan fingerprint density at radius 3 is 2.73 bits per heavy atom. The number of anilines is 1. The minimum atomic E-state index is -0.140. The third-order valence-corrected chi connectivity index (χ3v) is 2.47. The number of nitrogen functional groups attached to an aromatic ring is 1. The summed E-state index contributed by atoms with van der Waals surface area (Å²) >= 11 is 5.80. The van der Waals surface area contributed by atoms with Gasteiger partial charge in [-0.1, -0.05) is 17.7 Å².